The normalized spacial score (nSPS) is 10.4. The molecular weight excluding hydrogens is 518 g/mol. The quantitative estimate of drug-likeness (QED) is 0.215. The van der Waals surface area contributed by atoms with E-state index >= 15 is 0 Å². The molecule has 0 aliphatic heterocycles. The van der Waals surface area contributed by atoms with Crippen LogP contribution in [0.5, 0.6) is 0 Å². The average Bonchev–Trinajstić information content (AvgIpc) is 3.77. The fraction of sp³-hybridized carbons (Fsp3) is 0.516. The first-order valence-electron chi connectivity index (χ1n) is 14.1. The van der Waals surface area contributed by atoms with Crippen LogP contribution in [0.2, 0.25) is 0 Å². The maximum absolute atomic E-state index is 4.98. The van der Waals surface area contributed by atoms with Crippen molar-refractivity contribution in [1.29, 1.82) is 0 Å². The van der Waals surface area contributed by atoms with Crippen LogP contribution in [-0.4, -0.2) is 35.7 Å². The third-order valence-electron chi connectivity index (χ3n) is 5.84. The third kappa shape index (κ3) is 14.3. The van der Waals surface area contributed by atoms with Crippen molar-refractivity contribution in [1.82, 2.24) is 35.7 Å². The molecule has 0 bridgehead atoms. The maximum atomic E-state index is 4.98. The van der Waals surface area contributed by atoms with Crippen molar-refractivity contribution >= 4 is 0 Å². The zero-order valence-electron chi connectivity index (χ0n) is 26.5. The second-order valence-corrected chi connectivity index (χ2v) is 11.0. The van der Waals surface area contributed by atoms with Crippen molar-refractivity contribution in [3.05, 3.63) is 89.8 Å². The number of hydrogen-bond acceptors (Lipinski definition) is 8. The van der Waals surface area contributed by atoms with E-state index in [1.54, 1.807) is 24.9 Å². The fourth-order valence-electron chi connectivity index (χ4n) is 3.05. The molecular formula is C31H49N7O3. The molecule has 0 fully saturated rings. The molecule has 0 saturated carbocycles. The molecule has 0 atom stereocenters. The molecule has 0 aromatic carbocycles. The van der Waals surface area contributed by atoms with Gasteiger partial charge in [-0.2, -0.15) is 10.2 Å². The number of nitrogens with zero attached hydrogens (tertiary/aromatic N) is 5. The number of hydrogen-bond donors (Lipinski definition) is 2. The molecule has 10 heteroatoms. The van der Waals surface area contributed by atoms with E-state index in [2.05, 4.69) is 109 Å². The predicted molar refractivity (Wildman–Crippen MR) is 162 cm³/mol. The summed E-state index contributed by atoms with van der Waals surface area (Å²) in [5.74, 6) is 4.52. The van der Waals surface area contributed by atoms with Crippen LogP contribution in [-0.2, 0) is 0 Å². The second-order valence-electron chi connectivity index (χ2n) is 11.0. The molecule has 226 valence electrons. The van der Waals surface area contributed by atoms with Gasteiger partial charge in [-0.05, 0) is 35.8 Å². The minimum atomic E-state index is 0.456. The van der Waals surface area contributed by atoms with Gasteiger partial charge in [0.25, 0.3) is 0 Å². The van der Waals surface area contributed by atoms with Gasteiger partial charge in [-0.15, -0.1) is 0 Å². The number of aryl methyl sites for hydroxylation is 1. The summed E-state index contributed by atoms with van der Waals surface area (Å²) in [6.07, 6.45) is 13.9. The van der Waals surface area contributed by atoms with E-state index in [4.69, 9.17) is 8.94 Å². The van der Waals surface area contributed by atoms with E-state index in [0.29, 0.717) is 29.6 Å². The Balaban J connectivity index is 0.000000256. The summed E-state index contributed by atoms with van der Waals surface area (Å²) in [5.41, 5.74) is 4.93. The van der Waals surface area contributed by atoms with Crippen molar-refractivity contribution in [3.63, 3.8) is 0 Å². The van der Waals surface area contributed by atoms with Crippen LogP contribution in [0.3, 0.4) is 0 Å². The van der Waals surface area contributed by atoms with Gasteiger partial charge in [-0.1, -0.05) is 79.6 Å². The third-order valence-corrected chi connectivity index (χ3v) is 5.84. The largest absolute Gasteiger partial charge is 0.448 e. The number of oxazole rings is 1. The molecule has 2 N–H and O–H groups in total. The number of aromatic nitrogens is 7. The molecule has 0 radical (unpaired) electrons. The Morgan fingerprint density at radius 2 is 1.37 bits per heavy atom. The first kappa shape index (κ1) is 35.1. The summed E-state index contributed by atoms with van der Waals surface area (Å²) in [7, 11) is 0. The minimum Gasteiger partial charge on any atom is -0.448 e. The lowest BCUT2D eigenvalue weighted by Gasteiger charge is -1.99. The molecule has 0 aliphatic rings. The molecule has 0 aliphatic carbocycles. The van der Waals surface area contributed by atoms with Crippen LogP contribution in [0.1, 0.15) is 133 Å². The first-order valence-corrected chi connectivity index (χ1v) is 14.1. The molecule has 5 aromatic rings. The molecule has 41 heavy (non-hydrogen) atoms. The highest BCUT2D eigenvalue weighted by molar-refractivity contribution is 5.17. The Hall–Kier alpha value is -3.95. The van der Waals surface area contributed by atoms with E-state index in [1.165, 1.54) is 23.2 Å². The van der Waals surface area contributed by atoms with Crippen LogP contribution in [0.4, 0.5) is 0 Å². The van der Waals surface area contributed by atoms with Gasteiger partial charge in [0.1, 0.15) is 17.8 Å². The van der Waals surface area contributed by atoms with Crippen molar-refractivity contribution in [2.75, 3.05) is 0 Å². The molecule has 5 heterocycles. The van der Waals surface area contributed by atoms with E-state index in [1.807, 2.05) is 31.6 Å². The van der Waals surface area contributed by atoms with Crippen molar-refractivity contribution in [2.45, 2.75) is 106 Å². The molecule has 5 rings (SSSR count). The van der Waals surface area contributed by atoms with Gasteiger partial charge < -0.3 is 13.5 Å². The standard InChI is InChI=1S/C7H12N2.C6H10N2.3C6H9NO/c1-5(2)7-4-8-9-6(7)3;1-5(2)6-3-7-8-4-6;1-5(2)6-3-7-4-8-6;1-5(2)6-3-7-8-4-6;1-5(2)6-3-4-7-8-6/h4-5H,1-3H3,(H,8,9);3-5H,1-2H3,(H,7,8);3*3-5H,1-2H3. The summed E-state index contributed by atoms with van der Waals surface area (Å²) in [6.45, 7) is 23.1. The topological polar surface area (TPSA) is 135 Å². The molecule has 10 nitrogen and oxygen atoms in total. The Kier molecular flexibility index (Phi) is 16.4. The van der Waals surface area contributed by atoms with Gasteiger partial charge in [-0.3, -0.25) is 10.2 Å². The van der Waals surface area contributed by atoms with Crippen LogP contribution in [0.15, 0.2) is 69.4 Å². The minimum absolute atomic E-state index is 0.456. The maximum Gasteiger partial charge on any atom is 0.180 e. The second kappa shape index (κ2) is 19.2. The average molecular weight is 568 g/mol. The smallest absolute Gasteiger partial charge is 0.180 e. The SMILES string of the molecule is CC(C)c1ccno1.CC(C)c1cn[nH]c1.CC(C)c1cnco1.CC(C)c1cnoc1.Cc1[nH]ncc1C(C)C. The fourth-order valence-corrected chi connectivity index (χ4v) is 3.05. The molecule has 0 spiro atoms. The van der Waals surface area contributed by atoms with E-state index in [9.17, 15) is 0 Å². The van der Waals surface area contributed by atoms with Crippen molar-refractivity contribution in [3.8, 4) is 0 Å². The van der Waals surface area contributed by atoms with Crippen molar-refractivity contribution < 1.29 is 13.5 Å². The van der Waals surface area contributed by atoms with Gasteiger partial charge in [0.15, 0.2) is 6.39 Å². The molecule has 0 saturated heterocycles. The number of H-pyrrole nitrogens is 2. The molecule has 5 aromatic heterocycles. The molecule has 0 amide bonds. The zero-order valence-corrected chi connectivity index (χ0v) is 26.5. The Morgan fingerprint density at radius 3 is 1.61 bits per heavy atom. The zero-order chi connectivity index (χ0) is 30.8. The summed E-state index contributed by atoms with van der Waals surface area (Å²) in [4.78, 5) is 3.78. The lowest BCUT2D eigenvalue weighted by atomic mass is 10.1. The van der Waals surface area contributed by atoms with E-state index in [0.717, 1.165) is 17.1 Å². The van der Waals surface area contributed by atoms with Crippen molar-refractivity contribution in [2.24, 2.45) is 0 Å². The Bertz CT molecular complexity index is 1070. The predicted octanol–water partition coefficient (Wildman–Crippen LogP) is 8.77. The Labute approximate surface area is 244 Å². The van der Waals surface area contributed by atoms with Gasteiger partial charge in [0.2, 0.25) is 0 Å². The van der Waals surface area contributed by atoms with Gasteiger partial charge >= 0.3 is 0 Å². The van der Waals surface area contributed by atoms with Crippen LogP contribution >= 0.6 is 0 Å². The van der Waals surface area contributed by atoms with Gasteiger partial charge in [0, 0.05) is 35.4 Å². The summed E-state index contributed by atoms with van der Waals surface area (Å²) >= 11 is 0. The van der Waals surface area contributed by atoms with Crippen LogP contribution < -0.4 is 0 Å². The lowest BCUT2D eigenvalue weighted by molar-refractivity contribution is 0.371. The number of nitrogens with one attached hydrogen (secondary N) is 2. The summed E-state index contributed by atoms with van der Waals surface area (Å²) < 4.78 is 14.5. The van der Waals surface area contributed by atoms with E-state index < -0.39 is 0 Å². The van der Waals surface area contributed by atoms with Crippen LogP contribution in [0.25, 0.3) is 0 Å². The first-order chi connectivity index (χ1) is 19.4. The highest BCUT2D eigenvalue weighted by Gasteiger charge is 2.03. The number of rotatable bonds is 5. The molecule has 0 unspecified atom stereocenters. The van der Waals surface area contributed by atoms with Gasteiger partial charge in [-0.25, -0.2) is 4.98 Å². The summed E-state index contributed by atoms with van der Waals surface area (Å²) in [6, 6.07) is 1.88. The highest BCUT2D eigenvalue weighted by Crippen LogP contribution is 2.15. The van der Waals surface area contributed by atoms with Crippen LogP contribution in [0, 0.1) is 6.92 Å². The van der Waals surface area contributed by atoms with E-state index in [-0.39, 0.29) is 0 Å². The Morgan fingerprint density at radius 1 is 0.683 bits per heavy atom. The monoisotopic (exact) mass is 567 g/mol. The summed E-state index contributed by atoms with van der Waals surface area (Å²) in [5, 5.41) is 20.5. The highest BCUT2D eigenvalue weighted by atomic mass is 16.5. The van der Waals surface area contributed by atoms with Gasteiger partial charge in [0.05, 0.1) is 31.0 Å². The number of aromatic amines is 2. The lowest BCUT2D eigenvalue weighted by Crippen LogP contribution is -1.86.